The van der Waals surface area contributed by atoms with Crippen LogP contribution in [0.2, 0.25) is 0 Å². The molecule has 0 bridgehead atoms. The van der Waals surface area contributed by atoms with Crippen molar-refractivity contribution < 1.29 is 9.13 Å². The molecule has 1 fully saturated rings. The van der Waals surface area contributed by atoms with Gasteiger partial charge < -0.3 is 10.1 Å². The molecule has 1 N–H and O–H groups in total. The monoisotopic (exact) mass is 238 g/mol. The largest absolute Gasteiger partial charge is 0.376 e. The van der Waals surface area contributed by atoms with E-state index in [1.807, 2.05) is 0 Å². The molecule has 3 nitrogen and oxygen atoms in total. The number of nitrogens with one attached hydrogen (secondary N) is 1. The van der Waals surface area contributed by atoms with E-state index >= 15 is 0 Å². The molecular formula is C13H19FN2O. The Kier molecular flexibility index (Phi) is 4.74. The fraction of sp³-hybridized carbons (Fsp3) is 0.615. The van der Waals surface area contributed by atoms with E-state index in [0.29, 0.717) is 25.1 Å². The summed E-state index contributed by atoms with van der Waals surface area (Å²) >= 11 is 0. The highest BCUT2D eigenvalue weighted by molar-refractivity contribution is 5.35. The molecule has 1 aromatic rings. The van der Waals surface area contributed by atoms with Crippen molar-refractivity contribution in [1.29, 1.82) is 0 Å². The Morgan fingerprint density at radius 1 is 1.35 bits per heavy atom. The first-order valence-corrected chi connectivity index (χ1v) is 6.32. The van der Waals surface area contributed by atoms with Crippen molar-refractivity contribution in [2.24, 2.45) is 0 Å². The Labute approximate surface area is 101 Å². The number of halogens is 1. The summed E-state index contributed by atoms with van der Waals surface area (Å²) in [7, 11) is 0. The van der Waals surface area contributed by atoms with Crippen LogP contribution in [-0.2, 0) is 4.74 Å². The fourth-order valence-corrected chi connectivity index (χ4v) is 2.14. The lowest BCUT2D eigenvalue weighted by molar-refractivity contribution is 0.0347. The van der Waals surface area contributed by atoms with Crippen molar-refractivity contribution in [1.82, 2.24) is 4.98 Å². The van der Waals surface area contributed by atoms with E-state index in [1.165, 1.54) is 25.3 Å². The minimum Gasteiger partial charge on any atom is -0.376 e. The maximum Gasteiger partial charge on any atom is 0.165 e. The summed E-state index contributed by atoms with van der Waals surface area (Å²) in [6, 6.07) is 2.98. The van der Waals surface area contributed by atoms with Gasteiger partial charge in [-0.3, -0.25) is 0 Å². The van der Waals surface area contributed by atoms with Gasteiger partial charge in [-0.2, -0.15) is 0 Å². The molecule has 4 heteroatoms. The van der Waals surface area contributed by atoms with Gasteiger partial charge in [0.15, 0.2) is 11.6 Å². The maximum atomic E-state index is 13.2. The highest BCUT2D eigenvalue weighted by Gasteiger charge is 2.13. The Hall–Kier alpha value is -1.16. The van der Waals surface area contributed by atoms with E-state index < -0.39 is 0 Å². The van der Waals surface area contributed by atoms with Gasteiger partial charge in [0.25, 0.3) is 0 Å². The second-order valence-electron chi connectivity index (χ2n) is 4.39. The van der Waals surface area contributed by atoms with Gasteiger partial charge in [0.1, 0.15) is 0 Å². The lowest BCUT2D eigenvalue weighted by Gasteiger charge is -2.22. The summed E-state index contributed by atoms with van der Waals surface area (Å²) in [5, 5.41) is 2.94. The van der Waals surface area contributed by atoms with Crippen molar-refractivity contribution in [3.05, 3.63) is 24.1 Å². The number of anilines is 1. The van der Waals surface area contributed by atoms with E-state index in [2.05, 4.69) is 10.3 Å². The summed E-state index contributed by atoms with van der Waals surface area (Å²) in [6.45, 7) is 1.21. The van der Waals surface area contributed by atoms with Crippen LogP contribution < -0.4 is 5.32 Å². The number of rotatable bonds is 5. The molecule has 0 aliphatic heterocycles. The van der Waals surface area contributed by atoms with Crippen molar-refractivity contribution >= 4 is 5.82 Å². The quantitative estimate of drug-likeness (QED) is 0.801. The molecule has 94 valence electrons. The van der Waals surface area contributed by atoms with Gasteiger partial charge in [-0.25, -0.2) is 9.37 Å². The van der Waals surface area contributed by atoms with Crippen molar-refractivity contribution in [3.8, 4) is 0 Å². The van der Waals surface area contributed by atoms with Crippen molar-refractivity contribution in [2.45, 2.75) is 38.2 Å². The zero-order valence-corrected chi connectivity index (χ0v) is 9.99. The van der Waals surface area contributed by atoms with E-state index in [4.69, 9.17) is 4.74 Å². The van der Waals surface area contributed by atoms with Crippen molar-refractivity contribution in [2.75, 3.05) is 18.5 Å². The number of ether oxygens (including phenoxy) is 1. The predicted molar refractivity (Wildman–Crippen MR) is 65.5 cm³/mol. The molecule has 0 spiro atoms. The van der Waals surface area contributed by atoms with Crippen LogP contribution >= 0.6 is 0 Å². The van der Waals surface area contributed by atoms with Gasteiger partial charge in [0, 0.05) is 12.7 Å². The average molecular weight is 238 g/mol. The Morgan fingerprint density at radius 2 is 2.18 bits per heavy atom. The second kappa shape index (κ2) is 6.55. The Bertz CT molecular complexity index is 340. The number of hydrogen-bond donors (Lipinski definition) is 1. The number of aromatic nitrogens is 1. The molecule has 17 heavy (non-hydrogen) atoms. The fourth-order valence-electron chi connectivity index (χ4n) is 2.14. The first kappa shape index (κ1) is 12.3. The van der Waals surface area contributed by atoms with E-state index in [-0.39, 0.29) is 5.82 Å². The van der Waals surface area contributed by atoms with Crippen LogP contribution in [0.15, 0.2) is 18.3 Å². The van der Waals surface area contributed by atoms with Crippen LogP contribution in [0.5, 0.6) is 0 Å². The van der Waals surface area contributed by atoms with Crippen LogP contribution in [0.4, 0.5) is 10.2 Å². The SMILES string of the molecule is Fc1cccnc1NCCOC1CCCCC1. The molecule has 0 atom stereocenters. The summed E-state index contributed by atoms with van der Waals surface area (Å²) in [4.78, 5) is 3.92. The Balaban J connectivity index is 1.64. The minimum atomic E-state index is -0.315. The average Bonchev–Trinajstić information content (AvgIpc) is 2.38. The van der Waals surface area contributed by atoms with Gasteiger partial charge in [0.2, 0.25) is 0 Å². The molecule has 1 aliphatic carbocycles. The molecule has 0 aromatic carbocycles. The zero-order chi connectivity index (χ0) is 11.9. The molecule has 0 saturated heterocycles. The highest BCUT2D eigenvalue weighted by atomic mass is 19.1. The third kappa shape index (κ3) is 3.97. The standard InChI is InChI=1S/C13H19FN2O/c14-12-7-4-8-15-13(12)16-9-10-17-11-5-2-1-3-6-11/h4,7-8,11H,1-3,5-6,9-10H2,(H,15,16). The number of nitrogens with zero attached hydrogens (tertiary/aromatic N) is 1. The van der Waals surface area contributed by atoms with Crippen LogP contribution in [0, 0.1) is 5.82 Å². The molecule has 1 heterocycles. The minimum absolute atomic E-state index is 0.305. The second-order valence-corrected chi connectivity index (χ2v) is 4.39. The van der Waals surface area contributed by atoms with Gasteiger partial charge in [0.05, 0.1) is 12.7 Å². The van der Waals surface area contributed by atoms with Gasteiger partial charge in [-0.15, -0.1) is 0 Å². The Morgan fingerprint density at radius 3 is 2.94 bits per heavy atom. The molecule has 0 unspecified atom stereocenters. The van der Waals surface area contributed by atoms with Crippen LogP contribution in [0.25, 0.3) is 0 Å². The molecule has 1 aromatic heterocycles. The van der Waals surface area contributed by atoms with Crippen LogP contribution in [0.1, 0.15) is 32.1 Å². The van der Waals surface area contributed by atoms with Crippen LogP contribution in [0.3, 0.4) is 0 Å². The summed E-state index contributed by atoms with van der Waals surface area (Å²) in [6.07, 6.45) is 8.18. The lowest BCUT2D eigenvalue weighted by Crippen LogP contribution is -2.20. The maximum absolute atomic E-state index is 13.2. The normalized spacial score (nSPS) is 17.0. The predicted octanol–water partition coefficient (Wildman–Crippen LogP) is 2.98. The summed E-state index contributed by atoms with van der Waals surface area (Å²) < 4.78 is 18.9. The van der Waals surface area contributed by atoms with Gasteiger partial charge >= 0.3 is 0 Å². The number of hydrogen-bond acceptors (Lipinski definition) is 3. The summed E-state index contributed by atoms with van der Waals surface area (Å²) in [5.41, 5.74) is 0. The first-order valence-electron chi connectivity index (χ1n) is 6.32. The number of pyridine rings is 1. The lowest BCUT2D eigenvalue weighted by atomic mass is 9.98. The zero-order valence-electron chi connectivity index (χ0n) is 9.99. The molecule has 1 aliphatic rings. The smallest absolute Gasteiger partial charge is 0.165 e. The van der Waals surface area contributed by atoms with E-state index in [9.17, 15) is 4.39 Å². The molecule has 0 amide bonds. The van der Waals surface area contributed by atoms with E-state index in [0.717, 1.165) is 12.8 Å². The first-order chi connectivity index (χ1) is 8.36. The molecule has 0 radical (unpaired) electrons. The molecule has 2 rings (SSSR count). The van der Waals surface area contributed by atoms with Gasteiger partial charge in [-0.05, 0) is 25.0 Å². The summed E-state index contributed by atoms with van der Waals surface area (Å²) in [5.74, 6) is -0.00934. The molecule has 1 saturated carbocycles. The third-order valence-corrected chi connectivity index (χ3v) is 3.06. The van der Waals surface area contributed by atoms with Crippen LogP contribution in [-0.4, -0.2) is 24.2 Å². The van der Waals surface area contributed by atoms with Gasteiger partial charge in [-0.1, -0.05) is 19.3 Å². The molecular weight excluding hydrogens is 219 g/mol. The highest BCUT2D eigenvalue weighted by Crippen LogP contribution is 2.20. The third-order valence-electron chi connectivity index (χ3n) is 3.06. The van der Waals surface area contributed by atoms with Crippen molar-refractivity contribution in [3.63, 3.8) is 0 Å². The topological polar surface area (TPSA) is 34.2 Å². The van der Waals surface area contributed by atoms with E-state index in [1.54, 1.807) is 12.3 Å².